The zero-order chi connectivity index (χ0) is 22.0. The number of nitrogen functional groups attached to an aromatic ring is 1. The molecule has 3 rings (SSSR count). The fourth-order valence-corrected chi connectivity index (χ4v) is 3.71. The minimum atomic E-state index is -0.912. The van der Waals surface area contributed by atoms with E-state index in [2.05, 4.69) is 4.98 Å². The molecule has 1 aromatic heterocycles. The number of rotatable bonds is 6. The number of aromatic nitrogens is 2. The fraction of sp³-hybridized carbons (Fsp3) is 0.450. The molecule has 0 atom stereocenters. The molecule has 1 aromatic carbocycles. The minimum Gasteiger partial charge on any atom is -0.384 e. The van der Waals surface area contributed by atoms with Crippen LogP contribution in [0.1, 0.15) is 49.0 Å². The van der Waals surface area contributed by atoms with Gasteiger partial charge >= 0.3 is 5.69 Å². The van der Waals surface area contributed by atoms with Gasteiger partial charge in [-0.1, -0.05) is 13.8 Å². The zero-order valence-corrected chi connectivity index (χ0v) is 17.0. The highest BCUT2D eigenvalue weighted by molar-refractivity contribution is 6.12. The first-order valence-electron chi connectivity index (χ1n) is 9.91. The number of H-pyrrole nitrogens is 1. The molecule has 0 aliphatic carbocycles. The van der Waals surface area contributed by atoms with Crippen LogP contribution in [0.3, 0.4) is 0 Å². The van der Waals surface area contributed by atoms with E-state index in [1.54, 1.807) is 0 Å². The van der Waals surface area contributed by atoms with Gasteiger partial charge in [0, 0.05) is 31.3 Å². The topological polar surface area (TPSA) is 144 Å². The first-order chi connectivity index (χ1) is 14.2. The normalized spacial score (nSPS) is 14.2. The first-order valence-corrected chi connectivity index (χ1v) is 9.91. The average Bonchev–Trinajstić information content (AvgIpc) is 2.71. The first kappa shape index (κ1) is 21.3. The van der Waals surface area contributed by atoms with E-state index < -0.39 is 27.5 Å². The number of nitrogens with two attached hydrogens (primary N) is 1. The number of ketones is 1. The summed E-state index contributed by atoms with van der Waals surface area (Å²) >= 11 is 0. The predicted molar refractivity (Wildman–Crippen MR) is 113 cm³/mol. The van der Waals surface area contributed by atoms with Crippen molar-refractivity contribution in [2.75, 3.05) is 23.7 Å². The van der Waals surface area contributed by atoms with Crippen LogP contribution in [0.5, 0.6) is 0 Å². The van der Waals surface area contributed by atoms with E-state index in [9.17, 15) is 24.5 Å². The zero-order valence-electron chi connectivity index (χ0n) is 17.0. The van der Waals surface area contributed by atoms with E-state index >= 15 is 0 Å². The van der Waals surface area contributed by atoms with E-state index in [0.29, 0.717) is 18.8 Å². The second kappa shape index (κ2) is 8.52. The maximum atomic E-state index is 13.0. The maximum absolute atomic E-state index is 13.0. The third-order valence-corrected chi connectivity index (χ3v) is 5.15. The lowest BCUT2D eigenvalue weighted by molar-refractivity contribution is -0.384. The van der Waals surface area contributed by atoms with Gasteiger partial charge in [-0.05, 0) is 37.3 Å². The lowest BCUT2D eigenvalue weighted by Crippen LogP contribution is -2.37. The van der Waals surface area contributed by atoms with E-state index in [0.717, 1.165) is 23.8 Å². The summed E-state index contributed by atoms with van der Waals surface area (Å²) < 4.78 is 1.13. The second-order valence-corrected chi connectivity index (χ2v) is 7.86. The molecule has 0 bridgehead atoms. The molecule has 0 amide bonds. The van der Waals surface area contributed by atoms with Crippen molar-refractivity contribution in [2.45, 2.75) is 39.7 Å². The van der Waals surface area contributed by atoms with Crippen molar-refractivity contribution in [3.63, 3.8) is 0 Å². The van der Waals surface area contributed by atoms with Crippen LogP contribution >= 0.6 is 0 Å². The van der Waals surface area contributed by atoms with E-state index in [4.69, 9.17) is 5.73 Å². The van der Waals surface area contributed by atoms with Gasteiger partial charge in [0.15, 0.2) is 0 Å². The molecular formula is C20H25N5O5. The summed E-state index contributed by atoms with van der Waals surface area (Å²) in [4.78, 5) is 52.6. The van der Waals surface area contributed by atoms with Crippen molar-refractivity contribution in [3.8, 4) is 0 Å². The summed E-state index contributed by atoms with van der Waals surface area (Å²) in [5.41, 5.74) is 4.20. The number of nitro groups is 1. The van der Waals surface area contributed by atoms with E-state index in [-0.39, 0.29) is 29.5 Å². The number of nitrogens with one attached hydrogen (secondary N) is 1. The number of benzene rings is 1. The van der Waals surface area contributed by atoms with Gasteiger partial charge in [-0.2, -0.15) is 0 Å². The molecule has 1 fully saturated rings. The van der Waals surface area contributed by atoms with Crippen LogP contribution < -0.4 is 21.9 Å². The molecule has 30 heavy (non-hydrogen) atoms. The molecule has 1 aliphatic rings. The van der Waals surface area contributed by atoms with Crippen LogP contribution in [-0.2, 0) is 6.54 Å². The lowest BCUT2D eigenvalue weighted by atomic mass is 10.0. The molecule has 3 N–H and O–H groups in total. The van der Waals surface area contributed by atoms with Crippen molar-refractivity contribution < 1.29 is 9.72 Å². The third-order valence-electron chi connectivity index (χ3n) is 5.15. The van der Waals surface area contributed by atoms with Crippen molar-refractivity contribution in [1.82, 2.24) is 9.55 Å². The Morgan fingerprint density at radius 3 is 2.50 bits per heavy atom. The Hall–Kier alpha value is -3.43. The predicted octanol–water partition coefficient (Wildman–Crippen LogP) is 1.90. The van der Waals surface area contributed by atoms with Crippen molar-refractivity contribution in [2.24, 2.45) is 5.92 Å². The molecule has 1 aliphatic heterocycles. The Morgan fingerprint density at radius 1 is 1.23 bits per heavy atom. The number of carbonyl (C=O) groups excluding carboxylic acids is 1. The van der Waals surface area contributed by atoms with Crippen LogP contribution in [0.4, 0.5) is 17.2 Å². The van der Waals surface area contributed by atoms with Crippen LogP contribution in [0.2, 0.25) is 0 Å². The Labute approximate surface area is 172 Å². The Morgan fingerprint density at radius 2 is 1.90 bits per heavy atom. The fourth-order valence-electron chi connectivity index (χ4n) is 3.71. The van der Waals surface area contributed by atoms with Crippen molar-refractivity contribution in [3.05, 3.63) is 60.3 Å². The highest BCUT2D eigenvalue weighted by Crippen LogP contribution is 2.32. The maximum Gasteiger partial charge on any atom is 0.329 e. The molecule has 160 valence electrons. The van der Waals surface area contributed by atoms with Crippen molar-refractivity contribution >= 4 is 23.0 Å². The van der Waals surface area contributed by atoms with Crippen LogP contribution in [0.25, 0.3) is 0 Å². The number of aromatic amines is 1. The van der Waals surface area contributed by atoms with Gasteiger partial charge in [0.1, 0.15) is 17.1 Å². The number of nitro benzene ring substituents is 1. The molecule has 2 heterocycles. The van der Waals surface area contributed by atoms with Gasteiger partial charge in [-0.15, -0.1) is 0 Å². The Bertz CT molecular complexity index is 1100. The highest BCUT2D eigenvalue weighted by Gasteiger charge is 2.26. The monoisotopic (exact) mass is 415 g/mol. The third kappa shape index (κ3) is 4.12. The summed E-state index contributed by atoms with van der Waals surface area (Å²) in [5.74, 6) is -0.964. The number of anilines is 2. The van der Waals surface area contributed by atoms with Gasteiger partial charge < -0.3 is 10.6 Å². The van der Waals surface area contributed by atoms with Crippen LogP contribution in [0, 0.1) is 16.0 Å². The molecule has 1 saturated heterocycles. The number of nitrogens with zero attached hydrogens (tertiary/aromatic N) is 3. The number of carbonyl (C=O) groups is 1. The molecule has 2 aromatic rings. The molecular weight excluding hydrogens is 390 g/mol. The van der Waals surface area contributed by atoms with Gasteiger partial charge in [0.25, 0.3) is 11.2 Å². The van der Waals surface area contributed by atoms with Gasteiger partial charge in [-0.25, -0.2) is 4.79 Å². The number of hydrogen-bond donors (Lipinski definition) is 2. The van der Waals surface area contributed by atoms with Crippen molar-refractivity contribution in [1.29, 1.82) is 0 Å². The Balaban J connectivity index is 2.07. The van der Waals surface area contributed by atoms with Gasteiger partial charge in [0.2, 0.25) is 5.78 Å². The van der Waals surface area contributed by atoms with E-state index in [1.165, 1.54) is 18.2 Å². The van der Waals surface area contributed by atoms with Crippen LogP contribution in [-0.4, -0.2) is 33.3 Å². The second-order valence-electron chi connectivity index (χ2n) is 7.86. The molecule has 0 radical (unpaired) electrons. The molecule has 10 nitrogen and oxygen atoms in total. The minimum absolute atomic E-state index is 0.0330. The average molecular weight is 415 g/mol. The smallest absolute Gasteiger partial charge is 0.329 e. The number of piperidine rings is 1. The largest absolute Gasteiger partial charge is 0.384 e. The number of hydrogen-bond acceptors (Lipinski definition) is 7. The molecule has 0 spiro atoms. The highest BCUT2D eigenvalue weighted by atomic mass is 16.6. The molecule has 0 unspecified atom stereocenters. The standard InChI is InChI=1S/C20H25N5O5/c1-12(2)11-24-18(21)16(19(27)22-20(24)28)17(26)13-6-7-14(15(10-13)25(29)30)23-8-4-3-5-9-23/h6-7,10,12H,3-5,8-9,11,21H2,1-2H3,(H,22,27,28). The molecule has 0 saturated carbocycles. The van der Waals surface area contributed by atoms with E-state index in [1.807, 2.05) is 18.7 Å². The summed E-state index contributed by atoms with van der Waals surface area (Å²) in [6.45, 7) is 5.36. The summed E-state index contributed by atoms with van der Waals surface area (Å²) in [5, 5.41) is 11.7. The van der Waals surface area contributed by atoms with Gasteiger partial charge in [-0.3, -0.25) is 29.3 Å². The summed E-state index contributed by atoms with van der Waals surface area (Å²) in [6, 6.07) is 4.16. The molecule has 10 heteroatoms. The summed E-state index contributed by atoms with van der Waals surface area (Å²) in [7, 11) is 0. The summed E-state index contributed by atoms with van der Waals surface area (Å²) in [6.07, 6.45) is 2.97. The van der Waals surface area contributed by atoms with Gasteiger partial charge in [0.05, 0.1) is 4.92 Å². The lowest BCUT2D eigenvalue weighted by Gasteiger charge is -2.28. The quantitative estimate of drug-likeness (QED) is 0.416. The SMILES string of the molecule is CC(C)Cn1c(N)c(C(=O)c2ccc(N3CCCCC3)c([N+](=O)[O-])c2)c(=O)[nH]c1=O. The van der Waals surface area contributed by atoms with Crippen LogP contribution in [0.15, 0.2) is 27.8 Å². The Kier molecular flexibility index (Phi) is 6.04.